The van der Waals surface area contributed by atoms with Gasteiger partial charge in [0.05, 0.1) is 18.4 Å². The molecule has 1 fully saturated rings. The van der Waals surface area contributed by atoms with Crippen LogP contribution in [0.15, 0.2) is 24.4 Å². The molecule has 0 spiro atoms. The lowest BCUT2D eigenvalue weighted by Gasteiger charge is -2.33. The van der Waals surface area contributed by atoms with Gasteiger partial charge in [0.15, 0.2) is 0 Å². The standard InChI is InChI=1S/C18H30N2O5/c21-13-16(23)18-17(24)15(22)12-20(9-5-1-2-6-10-25-18)11-14-7-3-4-8-19-14/h3-4,7-8,15-18,21-24H,1-2,5-6,9-13H2/t15-,16-,17-,18-/m1/s1. The zero-order valence-corrected chi connectivity index (χ0v) is 14.6. The third-order valence-electron chi connectivity index (χ3n) is 4.53. The first kappa shape index (κ1) is 20.2. The second kappa shape index (κ2) is 10.8. The Morgan fingerprint density at radius 3 is 2.72 bits per heavy atom. The van der Waals surface area contributed by atoms with E-state index in [2.05, 4.69) is 9.88 Å². The van der Waals surface area contributed by atoms with Crippen molar-refractivity contribution >= 4 is 0 Å². The van der Waals surface area contributed by atoms with E-state index >= 15 is 0 Å². The number of aliphatic hydroxyl groups is 4. The Hall–Kier alpha value is -1.09. The van der Waals surface area contributed by atoms with Gasteiger partial charge in [-0.15, -0.1) is 0 Å². The lowest BCUT2D eigenvalue weighted by Crippen LogP contribution is -2.51. The molecule has 0 amide bonds. The molecule has 2 heterocycles. The van der Waals surface area contributed by atoms with Crippen LogP contribution < -0.4 is 0 Å². The summed E-state index contributed by atoms with van der Waals surface area (Å²) in [5.41, 5.74) is 0.902. The Kier molecular flexibility index (Phi) is 8.74. The molecule has 4 atom stereocenters. The summed E-state index contributed by atoms with van der Waals surface area (Å²) in [7, 11) is 0. The molecule has 0 radical (unpaired) electrons. The van der Waals surface area contributed by atoms with Gasteiger partial charge in [0.2, 0.25) is 0 Å². The van der Waals surface area contributed by atoms with Crippen LogP contribution in [0.2, 0.25) is 0 Å². The summed E-state index contributed by atoms with van der Waals surface area (Å²) in [5.74, 6) is 0. The number of rotatable bonds is 4. The minimum Gasteiger partial charge on any atom is -0.394 e. The van der Waals surface area contributed by atoms with E-state index in [9.17, 15) is 20.4 Å². The van der Waals surface area contributed by atoms with Gasteiger partial charge in [0.25, 0.3) is 0 Å². The fraction of sp³-hybridized carbons (Fsp3) is 0.722. The largest absolute Gasteiger partial charge is 0.394 e. The molecule has 7 heteroatoms. The highest BCUT2D eigenvalue weighted by molar-refractivity contribution is 5.03. The van der Waals surface area contributed by atoms with Crippen molar-refractivity contribution in [1.29, 1.82) is 0 Å². The Morgan fingerprint density at radius 2 is 2.00 bits per heavy atom. The fourth-order valence-electron chi connectivity index (χ4n) is 3.10. The molecule has 1 aromatic heterocycles. The number of hydrogen-bond donors (Lipinski definition) is 4. The summed E-state index contributed by atoms with van der Waals surface area (Å²) < 4.78 is 5.55. The first-order valence-electron chi connectivity index (χ1n) is 9.00. The summed E-state index contributed by atoms with van der Waals surface area (Å²) in [5, 5.41) is 40.0. The highest BCUT2D eigenvalue weighted by Gasteiger charge is 2.33. The van der Waals surface area contributed by atoms with Crippen molar-refractivity contribution < 1.29 is 25.2 Å². The van der Waals surface area contributed by atoms with E-state index in [1.54, 1.807) is 6.20 Å². The van der Waals surface area contributed by atoms with Crippen molar-refractivity contribution in [1.82, 2.24) is 9.88 Å². The van der Waals surface area contributed by atoms with E-state index in [-0.39, 0.29) is 6.54 Å². The number of β-amino-alcohol motifs (C(OH)–C–C–N with tert-alkyl or cyclic N) is 1. The van der Waals surface area contributed by atoms with E-state index in [4.69, 9.17) is 4.74 Å². The minimum atomic E-state index is -1.27. The van der Waals surface area contributed by atoms with Crippen molar-refractivity contribution in [3.05, 3.63) is 30.1 Å². The first-order valence-corrected chi connectivity index (χ1v) is 9.00. The quantitative estimate of drug-likeness (QED) is 0.599. The SMILES string of the molecule is OC[C@@H](O)[C@H]1OCCCCCCN(Cc2ccccn2)C[C@@H](O)[C@H]1O. The molecule has 4 N–H and O–H groups in total. The van der Waals surface area contributed by atoms with Gasteiger partial charge < -0.3 is 25.2 Å². The van der Waals surface area contributed by atoms with Crippen LogP contribution in [0.25, 0.3) is 0 Å². The predicted octanol–water partition coefficient (Wildman–Crippen LogP) is -0.0822. The third kappa shape index (κ3) is 6.62. The van der Waals surface area contributed by atoms with Gasteiger partial charge in [0, 0.05) is 25.9 Å². The zero-order valence-electron chi connectivity index (χ0n) is 14.6. The van der Waals surface area contributed by atoms with Crippen molar-refractivity contribution in [2.75, 3.05) is 26.3 Å². The summed E-state index contributed by atoms with van der Waals surface area (Å²) in [6, 6.07) is 5.71. The molecule has 2 rings (SSSR count). The molecule has 142 valence electrons. The van der Waals surface area contributed by atoms with Gasteiger partial charge in [-0.1, -0.05) is 18.9 Å². The van der Waals surface area contributed by atoms with Gasteiger partial charge in [-0.2, -0.15) is 0 Å². The fourth-order valence-corrected chi connectivity index (χ4v) is 3.10. The number of aromatic nitrogens is 1. The lowest BCUT2D eigenvalue weighted by atomic mass is 10.0. The van der Waals surface area contributed by atoms with Gasteiger partial charge in [-0.3, -0.25) is 9.88 Å². The smallest absolute Gasteiger partial charge is 0.114 e. The Balaban J connectivity index is 2.06. The average Bonchev–Trinajstić information content (AvgIpc) is 2.62. The third-order valence-corrected chi connectivity index (χ3v) is 4.53. The predicted molar refractivity (Wildman–Crippen MR) is 92.8 cm³/mol. The molecule has 0 saturated carbocycles. The van der Waals surface area contributed by atoms with Crippen LogP contribution >= 0.6 is 0 Å². The van der Waals surface area contributed by atoms with Crippen LogP contribution in [0.1, 0.15) is 31.4 Å². The second-order valence-electron chi connectivity index (χ2n) is 6.61. The number of aliphatic hydroxyl groups excluding tert-OH is 4. The van der Waals surface area contributed by atoms with Crippen molar-refractivity contribution in [2.45, 2.75) is 56.6 Å². The highest BCUT2D eigenvalue weighted by Crippen LogP contribution is 2.15. The van der Waals surface area contributed by atoms with E-state index in [1.807, 2.05) is 18.2 Å². The van der Waals surface area contributed by atoms with Gasteiger partial charge >= 0.3 is 0 Å². The molecule has 1 aromatic rings. The Labute approximate surface area is 148 Å². The molecular weight excluding hydrogens is 324 g/mol. The van der Waals surface area contributed by atoms with Crippen LogP contribution in [0.5, 0.6) is 0 Å². The van der Waals surface area contributed by atoms with E-state index in [0.29, 0.717) is 13.2 Å². The first-order chi connectivity index (χ1) is 12.1. The monoisotopic (exact) mass is 354 g/mol. The molecule has 1 saturated heterocycles. The summed E-state index contributed by atoms with van der Waals surface area (Å²) in [4.78, 5) is 6.38. The number of nitrogens with zero attached hydrogens (tertiary/aromatic N) is 2. The van der Waals surface area contributed by atoms with Crippen molar-refractivity contribution in [2.24, 2.45) is 0 Å². The molecule has 1 aliphatic rings. The Morgan fingerprint density at radius 1 is 1.20 bits per heavy atom. The van der Waals surface area contributed by atoms with Gasteiger partial charge in [-0.05, 0) is 31.5 Å². The molecule has 25 heavy (non-hydrogen) atoms. The maximum absolute atomic E-state index is 10.4. The topological polar surface area (TPSA) is 106 Å². The molecule has 0 unspecified atom stereocenters. The maximum Gasteiger partial charge on any atom is 0.114 e. The van der Waals surface area contributed by atoms with E-state index in [0.717, 1.165) is 37.9 Å². The molecule has 0 aromatic carbocycles. The number of hydrogen-bond acceptors (Lipinski definition) is 7. The number of ether oxygens (including phenoxy) is 1. The summed E-state index contributed by atoms with van der Waals surface area (Å²) in [6.07, 6.45) is 1.01. The lowest BCUT2D eigenvalue weighted by molar-refractivity contribution is -0.147. The van der Waals surface area contributed by atoms with Crippen LogP contribution in [0.4, 0.5) is 0 Å². The van der Waals surface area contributed by atoms with Crippen molar-refractivity contribution in [3.8, 4) is 0 Å². The zero-order chi connectivity index (χ0) is 18.1. The molecule has 7 nitrogen and oxygen atoms in total. The second-order valence-corrected chi connectivity index (χ2v) is 6.61. The van der Waals surface area contributed by atoms with Crippen LogP contribution in [0, 0.1) is 0 Å². The molecule has 0 aliphatic carbocycles. The van der Waals surface area contributed by atoms with Gasteiger partial charge in [0.1, 0.15) is 18.3 Å². The maximum atomic E-state index is 10.4. The minimum absolute atomic E-state index is 0.246. The van der Waals surface area contributed by atoms with Crippen LogP contribution in [-0.2, 0) is 11.3 Å². The van der Waals surface area contributed by atoms with Crippen LogP contribution in [-0.4, -0.2) is 81.0 Å². The highest BCUT2D eigenvalue weighted by atomic mass is 16.5. The average molecular weight is 354 g/mol. The number of pyridine rings is 1. The molecule has 0 bridgehead atoms. The summed E-state index contributed by atoms with van der Waals surface area (Å²) >= 11 is 0. The summed E-state index contributed by atoms with van der Waals surface area (Å²) in [6.45, 7) is 1.50. The van der Waals surface area contributed by atoms with E-state index < -0.39 is 31.0 Å². The van der Waals surface area contributed by atoms with Crippen LogP contribution in [0.3, 0.4) is 0 Å². The molecular formula is C18H30N2O5. The Bertz CT molecular complexity index is 476. The van der Waals surface area contributed by atoms with E-state index in [1.165, 1.54) is 0 Å². The van der Waals surface area contributed by atoms with Crippen molar-refractivity contribution in [3.63, 3.8) is 0 Å². The normalized spacial score (nSPS) is 28.7. The molecule has 1 aliphatic heterocycles. The van der Waals surface area contributed by atoms with Gasteiger partial charge in [-0.25, -0.2) is 0 Å².